The second-order valence-corrected chi connectivity index (χ2v) is 7.61. The predicted molar refractivity (Wildman–Crippen MR) is 105 cm³/mol. The number of aryl methyl sites for hydroxylation is 1. The molecule has 1 atom stereocenters. The maximum Gasteiger partial charge on any atom is 0.326 e. The molecule has 8 nitrogen and oxygen atoms in total. The van der Waals surface area contributed by atoms with Gasteiger partial charge in [0.25, 0.3) is 5.91 Å². The molecule has 2 saturated heterocycles. The molecule has 3 heterocycles. The molecule has 1 aromatic rings. The molecule has 1 aromatic heterocycles. The first-order chi connectivity index (χ1) is 13.4. The van der Waals surface area contributed by atoms with Gasteiger partial charge in [-0.05, 0) is 32.0 Å². The molecule has 2 aliphatic heterocycles. The highest BCUT2D eigenvalue weighted by atomic mass is 16.2. The van der Waals surface area contributed by atoms with Crippen molar-refractivity contribution < 1.29 is 14.4 Å². The van der Waals surface area contributed by atoms with Gasteiger partial charge in [0.1, 0.15) is 6.04 Å². The largest absolute Gasteiger partial charge is 0.341 e. The molecule has 2 aliphatic rings. The lowest BCUT2D eigenvalue weighted by atomic mass is 10.1. The third-order valence-corrected chi connectivity index (χ3v) is 5.61. The van der Waals surface area contributed by atoms with E-state index >= 15 is 0 Å². The summed E-state index contributed by atoms with van der Waals surface area (Å²) in [5, 5.41) is 0. The second-order valence-electron chi connectivity index (χ2n) is 7.61. The summed E-state index contributed by atoms with van der Waals surface area (Å²) in [7, 11) is 3.03. The Bertz CT molecular complexity index is 753. The number of carbonyl (C=O) groups is 3. The molecule has 0 radical (unpaired) electrons. The average molecular weight is 387 g/mol. The molecule has 0 aromatic carbocycles. The SMILES string of the molecule is Cc1cccc(CCN2CCCN(C(=O)CC3C(=O)N(C)C(=O)N3C)CC2)n1. The van der Waals surface area contributed by atoms with E-state index in [9.17, 15) is 14.4 Å². The minimum Gasteiger partial charge on any atom is -0.341 e. The molecule has 0 bridgehead atoms. The van der Waals surface area contributed by atoms with Gasteiger partial charge in [0.05, 0.1) is 6.42 Å². The van der Waals surface area contributed by atoms with Crippen LogP contribution in [0.5, 0.6) is 0 Å². The van der Waals surface area contributed by atoms with E-state index in [1.165, 1.54) is 11.9 Å². The van der Waals surface area contributed by atoms with Crippen LogP contribution in [-0.2, 0) is 16.0 Å². The number of carbonyl (C=O) groups excluding carboxylic acids is 3. The van der Waals surface area contributed by atoms with E-state index in [0.29, 0.717) is 13.1 Å². The van der Waals surface area contributed by atoms with Crippen molar-refractivity contribution in [2.24, 2.45) is 0 Å². The molecule has 4 amide bonds. The van der Waals surface area contributed by atoms with Crippen LogP contribution < -0.4 is 0 Å². The summed E-state index contributed by atoms with van der Waals surface area (Å²) in [6, 6.07) is 5.04. The van der Waals surface area contributed by atoms with Crippen LogP contribution in [0.1, 0.15) is 24.2 Å². The van der Waals surface area contributed by atoms with Gasteiger partial charge in [-0.15, -0.1) is 0 Å². The fourth-order valence-electron chi connectivity index (χ4n) is 3.83. The first-order valence-electron chi connectivity index (χ1n) is 9.84. The summed E-state index contributed by atoms with van der Waals surface area (Å²) >= 11 is 0. The third-order valence-electron chi connectivity index (χ3n) is 5.61. The Kier molecular flexibility index (Phi) is 6.28. The molecule has 0 aliphatic carbocycles. The normalized spacial score (nSPS) is 21.4. The van der Waals surface area contributed by atoms with Crippen LogP contribution in [0.4, 0.5) is 4.79 Å². The Balaban J connectivity index is 1.50. The highest BCUT2D eigenvalue weighted by Gasteiger charge is 2.42. The van der Waals surface area contributed by atoms with Crippen LogP contribution in [0.25, 0.3) is 0 Å². The van der Waals surface area contributed by atoms with Gasteiger partial charge in [-0.2, -0.15) is 0 Å². The lowest BCUT2D eigenvalue weighted by Gasteiger charge is -2.24. The van der Waals surface area contributed by atoms with E-state index in [0.717, 1.165) is 48.8 Å². The van der Waals surface area contributed by atoms with Gasteiger partial charge in [-0.3, -0.25) is 19.5 Å². The quantitative estimate of drug-likeness (QED) is 0.697. The van der Waals surface area contributed by atoms with Crippen molar-refractivity contribution in [3.8, 4) is 0 Å². The topological polar surface area (TPSA) is 77.1 Å². The standard InChI is InChI=1S/C20H29N5O3/c1-15-6-4-7-16(21-15)8-11-24-9-5-10-25(13-12-24)18(26)14-17-19(27)23(3)20(28)22(17)2/h4,6-7,17H,5,8-14H2,1-3H3. The predicted octanol–water partition coefficient (Wildman–Crippen LogP) is 0.749. The first kappa shape index (κ1) is 20.3. The molecule has 3 rings (SSSR count). The van der Waals surface area contributed by atoms with Gasteiger partial charge in [-0.1, -0.05) is 6.07 Å². The number of urea groups is 1. The van der Waals surface area contributed by atoms with Crippen molar-refractivity contribution in [1.82, 2.24) is 24.6 Å². The minimum atomic E-state index is -0.684. The summed E-state index contributed by atoms with van der Waals surface area (Å²) in [6.45, 7) is 6.00. The molecule has 0 spiro atoms. The Morgan fingerprint density at radius 1 is 1.14 bits per heavy atom. The van der Waals surface area contributed by atoms with E-state index in [1.807, 2.05) is 30.0 Å². The number of rotatable bonds is 5. The number of hydrogen-bond donors (Lipinski definition) is 0. The summed E-state index contributed by atoms with van der Waals surface area (Å²) in [6.07, 6.45) is 1.85. The van der Waals surface area contributed by atoms with E-state index in [2.05, 4.69) is 9.88 Å². The van der Waals surface area contributed by atoms with Gasteiger partial charge in [0.2, 0.25) is 5.91 Å². The van der Waals surface area contributed by atoms with E-state index in [4.69, 9.17) is 0 Å². The van der Waals surface area contributed by atoms with Crippen molar-refractivity contribution in [2.45, 2.75) is 32.2 Å². The molecule has 1 unspecified atom stereocenters. The van der Waals surface area contributed by atoms with Crippen molar-refractivity contribution in [3.63, 3.8) is 0 Å². The number of imide groups is 1. The highest BCUT2D eigenvalue weighted by molar-refractivity contribution is 6.05. The van der Waals surface area contributed by atoms with Crippen LogP contribution >= 0.6 is 0 Å². The third kappa shape index (κ3) is 4.49. The number of nitrogens with zero attached hydrogens (tertiary/aromatic N) is 5. The Labute approximate surface area is 166 Å². The lowest BCUT2D eigenvalue weighted by molar-refractivity contribution is -0.136. The zero-order valence-corrected chi connectivity index (χ0v) is 16.9. The summed E-state index contributed by atoms with van der Waals surface area (Å²) < 4.78 is 0. The molecular weight excluding hydrogens is 358 g/mol. The van der Waals surface area contributed by atoms with Gasteiger partial charge in [0.15, 0.2) is 0 Å². The molecule has 0 N–H and O–H groups in total. The monoisotopic (exact) mass is 387 g/mol. The van der Waals surface area contributed by atoms with Crippen LogP contribution in [0.2, 0.25) is 0 Å². The van der Waals surface area contributed by atoms with Gasteiger partial charge in [0, 0.05) is 58.1 Å². The van der Waals surface area contributed by atoms with E-state index in [1.54, 1.807) is 7.05 Å². The number of hydrogen-bond acceptors (Lipinski definition) is 5. The molecule has 0 saturated carbocycles. The van der Waals surface area contributed by atoms with Gasteiger partial charge < -0.3 is 14.7 Å². The summed E-state index contributed by atoms with van der Waals surface area (Å²) in [5.74, 6) is -0.363. The van der Waals surface area contributed by atoms with Crippen LogP contribution in [0, 0.1) is 6.92 Å². The fraction of sp³-hybridized carbons (Fsp3) is 0.600. The van der Waals surface area contributed by atoms with E-state index in [-0.39, 0.29) is 24.3 Å². The Hall–Kier alpha value is -2.48. The van der Waals surface area contributed by atoms with E-state index < -0.39 is 6.04 Å². The summed E-state index contributed by atoms with van der Waals surface area (Å²) in [4.78, 5) is 48.0. The molecule has 28 heavy (non-hydrogen) atoms. The van der Waals surface area contributed by atoms with Crippen molar-refractivity contribution in [1.29, 1.82) is 0 Å². The maximum atomic E-state index is 12.7. The average Bonchev–Trinajstić information content (AvgIpc) is 2.87. The van der Waals surface area contributed by atoms with Crippen molar-refractivity contribution >= 4 is 17.8 Å². The number of pyridine rings is 1. The fourth-order valence-corrected chi connectivity index (χ4v) is 3.83. The highest BCUT2D eigenvalue weighted by Crippen LogP contribution is 2.18. The maximum absolute atomic E-state index is 12.7. The van der Waals surface area contributed by atoms with Crippen molar-refractivity contribution in [3.05, 3.63) is 29.6 Å². The molecule has 152 valence electrons. The molecule has 2 fully saturated rings. The van der Waals surface area contributed by atoms with Crippen LogP contribution in [-0.4, -0.2) is 95.3 Å². The minimum absolute atomic E-state index is 0.0542. The number of amides is 4. The smallest absolute Gasteiger partial charge is 0.326 e. The zero-order chi connectivity index (χ0) is 20.3. The van der Waals surface area contributed by atoms with Gasteiger partial charge >= 0.3 is 6.03 Å². The number of aromatic nitrogens is 1. The zero-order valence-electron chi connectivity index (χ0n) is 16.9. The number of likely N-dealkylation sites (N-methyl/N-ethyl adjacent to an activating group) is 2. The van der Waals surface area contributed by atoms with Crippen LogP contribution in [0.3, 0.4) is 0 Å². The Morgan fingerprint density at radius 3 is 2.61 bits per heavy atom. The second kappa shape index (κ2) is 8.68. The van der Waals surface area contributed by atoms with Crippen molar-refractivity contribution in [2.75, 3.05) is 46.8 Å². The first-order valence-corrected chi connectivity index (χ1v) is 9.84. The molecular formula is C20H29N5O3. The summed E-state index contributed by atoms with van der Waals surface area (Å²) in [5.41, 5.74) is 2.12. The Morgan fingerprint density at radius 2 is 1.93 bits per heavy atom. The van der Waals surface area contributed by atoms with Crippen LogP contribution in [0.15, 0.2) is 18.2 Å². The van der Waals surface area contributed by atoms with Gasteiger partial charge in [-0.25, -0.2) is 4.79 Å². The molecule has 8 heteroatoms. The lowest BCUT2D eigenvalue weighted by Crippen LogP contribution is -2.41.